The molecule has 2 aromatic heterocycles. The fraction of sp³-hybridized carbons (Fsp3) is 0.353. The van der Waals surface area contributed by atoms with E-state index in [1.165, 1.54) is 6.20 Å². The van der Waals surface area contributed by atoms with Crippen molar-refractivity contribution in [2.45, 2.75) is 37.5 Å². The normalized spacial score (nSPS) is 21.5. The van der Waals surface area contributed by atoms with Crippen LogP contribution in [0.2, 0.25) is 0 Å². The van der Waals surface area contributed by atoms with Crippen LogP contribution in [0.15, 0.2) is 30.6 Å². The van der Waals surface area contributed by atoms with E-state index in [1.54, 1.807) is 11.0 Å². The summed E-state index contributed by atoms with van der Waals surface area (Å²) in [6, 6.07) is 2.80. The molecule has 0 unspecified atom stereocenters. The number of carbonyl (C=O) groups excluding carboxylic acids is 1. The van der Waals surface area contributed by atoms with Gasteiger partial charge in [-0.25, -0.2) is 14.8 Å². The standard InChI is InChI=1S/C17H14F4N4O/c18-15-12-7-10-2-3-13(11(12)5-6-22-15)25(10)16(26)24-14-4-1-9(8-23-14)17(19,20)21/h1,4-6,8,10,13H,2-3,7H2,(H,23,24,26)/t10-,13+/m0/s1. The van der Waals surface area contributed by atoms with E-state index in [4.69, 9.17) is 0 Å². The van der Waals surface area contributed by atoms with Gasteiger partial charge in [0.25, 0.3) is 0 Å². The third-order valence-electron chi connectivity index (χ3n) is 4.90. The van der Waals surface area contributed by atoms with Crippen molar-refractivity contribution in [3.8, 4) is 0 Å². The summed E-state index contributed by atoms with van der Waals surface area (Å²) in [6.07, 6.45) is -0.624. The highest BCUT2D eigenvalue weighted by molar-refractivity contribution is 5.89. The Morgan fingerprint density at radius 2 is 2.00 bits per heavy atom. The lowest BCUT2D eigenvalue weighted by Crippen LogP contribution is -2.44. The zero-order chi connectivity index (χ0) is 18.5. The van der Waals surface area contributed by atoms with E-state index in [1.807, 2.05) is 0 Å². The number of hydrogen-bond donors (Lipinski definition) is 1. The van der Waals surface area contributed by atoms with Gasteiger partial charge in [0.05, 0.1) is 11.6 Å². The minimum absolute atomic E-state index is 0.0362. The predicted octanol–water partition coefficient (Wildman–Crippen LogP) is 3.93. The van der Waals surface area contributed by atoms with Crippen molar-refractivity contribution in [1.82, 2.24) is 14.9 Å². The number of amides is 2. The van der Waals surface area contributed by atoms with Crippen LogP contribution < -0.4 is 5.32 Å². The average molecular weight is 366 g/mol. The van der Waals surface area contributed by atoms with Crippen LogP contribution >= 0.6 is 0 Å². The maximum Gasteiger partial charge on any atom is 0.417 e. The number of pyridine rings is 2. The molecule has 0 saturated carbocycles. The molecule has 1 N–H and O–H groups in total. The lowest BCUT2D eigenvalue weighted by atomic mass is 9.95. The van der Waals surface area contributed by atoms with Crippen LogP contribution in [0.3, 0.4) is 0 Å². The number of carbonyl (C=O) groups is 1. The Morgan fingerprint density at radius 1 is 1.19 bits per heavy atom. The summed E-state index contributed by atoms with van der Waals surface area (Å²) in [5.74, 6) is -0.474. The van der Waals surface area contributed by atoms with E-state index in [-0.39, 0.29) is 17.9 Å². The molecule has 2 aliphatic rings. The van der Waals surface area contributed by atoms with Crippen LogP contribution in [0, 0.1) is 5.95 Å². The Morgan fingerprint density at radius 3 is 2.69 bits per heavy atom. The monoisotopic (exact) mass is 366 g/mol. The maximum atomic E-state index is 13.9. The molecule has 0 spiro atoms. The molecular formula is C17H14F4N4O. The first-order valence-corrected chi connectivity index (χ1v) is 8.10. The molecule has 1 saturated heterocycles. The molecule has 2 amide bonds. The van der Waals surface area contributed by atoms with Crippen molar-refractivity contribution in [1.29, 1.82) is 0 Å². The van der Waals surface area contributed by atoms with Gasteiger partial charge in [-0.2, -0.15) is 17.6 Å². The second kappa shape index (κ2) is 5.93. The molecule has 2 atom stereocenters. The molecule has 0 aromatic carbocycles. The van der Waals surface area contributed by atoms with Gasteiger partial charge >= 0.3 is 12.2 Å². The lowest BCUT2D eigenvalue weighted by Gasteiger charge is -2.36. The van der Waals surface area contributed by atoms with Gasteiger partial charge in [-0.05, 0) is 43.0 Å². The summed E-state index contributed by atoms with van der Waals surface area (Å²) in [5, 5.41) is 2.54. The molecule has 5 nitrogen and oxygen atoms in total. The smallest absolute Gasteiger partial charge is 0.314 e. The quantitative estimate of drug-likeness (QED) is 0.615. The Kier molecular flexibility index (Phi) is 3.82. The largest absolute Gasteiger partial charge is 0.417 e. The van der Waals surface area contributed by atoms with Crippen molar-refractivity contribution in [2.75, 3.05) is 5.32 Å². The highest BCUT2D eigenvalue weighted by Gasteiger charge is 2.43. The third kappa shape index (κ3) is 2.77. The molecule has 0 radical (unpaired) electrons. The van der Waals surface area contributed by atoms with Crippen molar-refractivity contribution in [3.05, 3.63) is 53.2 Å². The van der Waals surface area contributed by atoms with Crippen LogP contribution in [-0.2, 0) is 12.6 Å². The van der Waals surface area contributed by atoms with Gasteiger partial charge < -0.3 is 4.90 Å². The number of nitrogens with one attached hydrogen (secondary N) is 1. The number of urea groups is 1. The maximum absolute atomic E-state index is 13.9. The Bertz CT molecular complexity index is 853. The number of anilines is 1. The molecule has 4 rings (SSSR count). The fourth-order valence-electron chi connectivity index (χ4n) is 3.74. The van der Waals surface area contributed by atoms with Gasteiger partial charge in [-0.1, -0.05) is 0 Å². The van der Waals surface area contributed by atoms with E-state index >= 15 is 0 Å². The number of alkyl halides is 3. The fourth-order valence-corrected chi connectivity index (χ4v) is 3.74. The molecule has 2 aliphatic heterocycles. The highest BCUT2D eigenvalue weighted by atomic mass is 19.4. The minimum atomic E-state index is -4.48. The minimum Gasteiger partial charge on any atom is -0.314 e. The summed E-state index contributed by atoms with van der Waals surface area (Å²) in [4.78, 5) is 21.6. The van der Waals surface area contributed by atoms with Crippen molar-refractivity contribution in [3.63, 3.8) is 0 Å². The molecule has 2 aromatic rings. The van der Waals surface area contributed by atoms with Gasteiger partial charge in [-0.3, -0.25) is 5.32 Å². The summed E-state index contributed by atoms with van der Waals surface area (Å²) >= 11 is 0. The zero-order valence-electron chi connectivity index (χ0n) is 13.4. The highest BCUT2D eigenvalue weighted by Crippen LogP contribution is 2.44. The van der Waals surface area contributed by atoms with E-state index in [9.17, 15) is 22.4 Å². The second-order valence-corrected chi connectivity index (χ2v) is 6.39. The Balaban J connectivity index is 1.54. The van der Waals surface area contributed by atoms with Gasteiger partial charge in [0.2, 0.25) is 5.95 Å². The molecule has 9 heteroatoms. The van der Waals surface area contributed by atoms with E-state index in [0.717, 1.165) is 24.1 Å². The van der Waals surface area contributed by atoms with Crippen LogP contribution in [0.25, 0.3) is 0 Å². The van der Waals surface area contributed by atoms with E-state index in [2.05, 4.69) is 15.3 Å². The molecule has 0 aliphatic carbocycles. The number of halogens is 4. The van der Waals surface area contributed by atoms with Crippen molar-refractivity contribution < 1.29 is 22.4 Å². The number of fused-ring (bicyclic) bond motifs is 4. The molecule has 2 bridgehead atoms. The van der Waals surface area contributed by atoms with Crippen LogP contribution in [-0.4, -0.2) is 26.9 Å². The number of rotatable bonds is 1. The van der Waals surface area contributed by atoms with Crippen LogP contribution in [0.1, 0.15) is 35.6 Å². The summed E-state index contributed by atoms with van der Waals surface area (Å²) in [5.41, 5.74) is 0.393. The van der Waals surface area contributed by atoms with Gasteiger partial charge in [0.1, 0.15) is 5.82 Å². The number of hydrogen-bond acceptors (Lipinski definition) is 3. The Labute approximate surface area is 146 Å². The van der Waals surface area contributed by atoms with Gasteiger partial charge in [-0.15, -0.1) is 0 Å². The van der Waals surface area contributed by atoms with E-state index in [0.29, 0.717) is 24.6 Å². The van der Waals surface area contributed by atoms with Crippen LogP contribution in [0.5, 0.6) is 0 Å². The molecule has 1 fully saturated rings. The topological polar surface area (TPSA) is 58.1 Å². The lowest BCUT2D eigenvalue weighted by molar-refractivity contribution is -0.137. The SMILES string of the molecule is O=C(Nc1ccc(C(F)(F)F)cn1)N1[C@H]2CC[C@@H]1c1ccnc(F)c1C2. The van der Waals surface area contributed by atoms with Gasteiger partial charge in [0.15, 0.2) is 0 Å². The first-order valence-electron chi connectivity index (χ1n) is 8.10. The molecule has 4 heterocycles. The number of nitrogens with zero attached hydrogens (tertiary/aromatic N) is 3. The van der Waals surface area contributed by atoms with E-state index < -0.39 is 23.7 Å². The van der Waals surface area contributed by atoms with Crippen LogP contribution in [0.4, 0.5) is 28.2 Å². The van der Waals surface area contributed by atoms with Gasteiger partial charge in [0, 0.05) is 24.0 Å². The Hall–Kier alpha value is -2.71. The molecule has 136 valence electrons. The van der Waals surface area contributed by atoms with Crippen molar-refractivity contribution >= 4 is 11.8 Å². The number of aromatic nitrogens is 2. The second-order valence-electron chi connectivity index (χ2n) is 6.39. The summed E-state index contributed by atoms with van der Waals surface area (Å²) < 4.78 is 51.7. The average Bonchev–Trinajstić information content (AvgIpc) is 2.91. The zero-order valence-corrected chi connectivity index (χ0v) is 13.4. The first kappa shape index (κ1) is 16.7. The molecular weight excluding hydrogens is 352 g/mol. The van der Waals surface area contributed by atoms with Crippen molar-refractivity contribution in [2.24, 2.45) is 0 Å². The third-order valence-corrected chi connectivity index (χ3v) is 4.90. The summed E-state index contributed by atoms with van der Waals surface area (Å²) in [6.45, 7) is 0. The molecule has 26 heavy (non-hydrogen) atoms. The predicted molar refractivity (Wildman–Crippen MR) is 83.8 cm³/mol. The first-order chi connectivity index (χ1) is 12.3. The summed E-state index contributed by atoms with van der Waals surface area (Å²) in [7, 11) is 0.